The van der Waals surface area contributed by atoms with Crippen LogP contribution in [-0.2, 0) is 0 Å². The second-order valence-corrected chi connectivity index (χ2v) is 2.51. The van der Waals surface area contributed by atoms with Crippen molar-refractivity contribution in [3.05, 3.63) is 18.2 Å². The maximum absolute atomic E-state index is 12.3. The molecule has 0 aliphatic rings. The number of nitrogens with zero attached hydrogens (tertiary/aromatic N) is 2. The van der Waals surface area contributed by atoms with E-state index in [1.54, 1.807) is 0 Å². The molecule has 0 aromatic carbocycles. The molecule has 5 heteroatoms. The topological polar surface area (TPSA) is 63.8 Å². The summed E-state index contributed by atoms with van der Waals surface area (Å²) in [7, 11) is 0. The van der Waals surface area contributed by atoms with Gasteiger partial charge in [0.05, 0.1) is 12.4 Å². The van der Waals surface area contributed by atoms with Crippen LogP contribution >= 0.6 is 0 Å². The predicted octanol–water partition coefficient (Wildman–Crippen LogP) is 0.375. The third-order valence-electron chi connectivity index (χ3n) is 1.35. The summed E-state index contributed by atoms with van der Waals surface area (Å²) in [5.74, 6) is -0.0460. The summed E-state index contributed by atoms with van der Waals surface area (Å²) in [6.07, 6.45) is 2.22. The summed E-state index contributed by atoms with van der Waals surface area (Å²) in [6, 6.07) is 0.0930. The lowest BCUT2D eigenvalue weighted by Crippen LogP contribution is -2.26. The van der Waals surface area contributed by atoms with Crippen LogP contribution in [-0.4, -0.2) is 22.6 Å². The van der Waals surface area contributed by atoms with Crippen molar-refractivity contribution in [2.24, 2.45) is 5.73 Å². The van der Waals surface area contributed by atoms with Crippen LogP contribution in [0.5, 0.6) is 0 Å². The van der Waals surface area contributed by atoms with Crippen LogP contribution in [0.25, 0.3) is 0 Å². The molecule has 4 nitrogen and oxygen atoms in total. The normalized spacial score (nSPS) is 12.6. The molecule has 0 bridgehead atoms. The highest BCUT2D eigenvalue weighted by atomic mass is 19.1. The van der Waals surface area contributed by atoms with E-state index in [1.807, 2.05) is 6.92 Å². The van der Waals surface area contributed by atoms with E-state index < -0.39 is 5.82 Å². The number of rotatable bonds is 3. The van der Waals surface area contributed by atoms with Gasteiger partial charge in [0.25, 0.3) is 0 Å². The van der Waals surface area contributed by atoms with Crippen molar-refractivity contribution in [2.45, 2.75) is 13.0 Å². The van der Waals surface area contributed by atoms with Gasteiger partial charge in [-0.05, 0) is 6.92 Å². The first-order valence-corrected chi connectivity index (χ1v) is 3.66. The minimum atomic E-state index is -0.444. The molecule has 3 N–H and O–H groups in total. The molecule has 1 atom stereocenters. The monoisotopic (exact) mass is 170 g/mol. The van der Waals surface area contributed by atoms with Crippen molar-refractivity contribution >= 4 is 5.95 Å². The van der Waals surface area contributed by atoms with Crippen LogP contribution in [0, 0.1) is 5.82 Å². The Labute approximate surface area is 70.0 Å². The number of aromatic nitrogens is 2. The zero-order chi connectivity index (χ0) is 8.97. The Morgan fingerprint density at radius 1 is 1.58 bits per heavy atom. The smallest absolute Gasteiger partial charge is 0.223 e. The van der Waals surface area contributed by atoms with Crippen LogP contribution in [0.3, 0.4) is 0 Å². The van der Waals surface area contributed by atoms with E-state index >= 15 is 0 Å². The molecule has 0 spiro atoms. The Balaban J connectivity index is 2.58. The summed E-state index contributed by atoms with van der Waals surface area (Å²) >= 11 is 0. The zero-order valence-electron chi connectivity index (χ0n) is 6.79. The maximum Gasteiger partial charge on any atom is 0.223 e. The number of anilines is 1. The molecule has 0 amide bonds. The van der Waals surface area contributed by atoms with E-state index in [2.05, 4.69) is 15.3 Å². The summed E-state index contributed by atoms with van der Waals surface area (Å²) in [5.41, 5.74) is 5.36. The lowest BCUT2D eigenvalue weighted by atomic mass is 10.3. The predicted molar refractivity (Wildman–Crippen MR) is 44.1 cm³/mol. The Bertz CT molecular complexity index is 236. The fraction of sp³-hybridized carbons (Fsp3) is 0.429. The number of hydrogen-bond acceptors (Lipinski definition) is 4. The third-order valence-corrected chi connectivity index (χ3v) is 1.35. The molecule has 0 saturated carbocycles. The Morgan fingerprint density at radius 2 is 2.17 bits per heavy atom. The molecule has 1 aromatic rings. The van der Waals surface area contributed by atoms with Crippen molar-refractivity contribution in [2.75, 3.05) is 11.9 Å². The van der Waals surface area contributed by atoms with E-state index in [-0.39, 0.29) is 6.04 Å². The molecule has 0 radical (unpaired) electrons. The van der Waals surface area contributed by atoms with Crippen LogP contribution < -0.4 is 11.1 Å². The molecular weight excluding hydrogens is 159 g/mol. The highest BCUT2D eigenvalue weighted by Crippen LogP contribution is 1.99. The van der Waals surface area contributed by atoms with Gasteiger partial charge in [0.15, 0.2) is 5.82 Å². The second kappa shape index (κ2) is 3.96. The number of hydrogen-bond donors (Lipinski definition) is 2. The molecule has 1 heterocycles. The van der Waals surface area contributed by atoms with Crippen LogP contribution in [0.15, 0.2) is 12.4 Å². The second-order valence-electron chi connectivity index (χ2n) is 2.51. The Kier molecular flexibility index (Phi) is 2.93. The standard InChI is InChI=1S/C7H11FN4/c1-5(2-9)12-7-10-3-6(8)4-11-7/h3-5H,2,9H2,1H3,(H,10,11,12). The molecule has 12 heavy (non-hydrogen) atoms. The number of nitrogens with one attached hydrogen (secondary N) is 1. The van der Waals surface area contributed by atoms with Crippen LogP contribution in [0.4, 0.5) is 10.3 Å². The first kappa shape index (κ1) is 8.86. The molecule has 0 aliphatic heterocycles. The SMILES string of the molecule is CC(CN)Nc1ncc(F)cn1. The minimum Gasteiger partial charge on any atom is -0.350 e. The van der Waals surface area contributed by atoms with Crippen molar-refractivity contribution < 1.29 is 4.39 Å². The van der Waals surface area contributed by atoms with Gasteiger partial charge in [-0.15, -0.1) is 0 Å². The largest absolute Gasteiger partial charge is 0.350 e. The average Bonchev–Trinajstić information content (AvgIpc) is 2.09. The summed E-state index contributed by atoms with van der Waals surface area (Å²) in [5, 5.41) is 2.90. The van der Waals surface area contributed by atoms with Gasteiger partial charge < -0.3 is 11.1 Å². The third kappa shape index (κ3) is 2.43. The fourth-order valence-electron chi connectivity index (χ4n) is 0.666. The minimum absolute atomic E-state index is 0.0930. The van der Waals surface area contributed by atoms with Crippen LogP contribution in [0.1, 0.15) is 6.92 Å². The lowest BCUT2D eigenvalue weighted by molar-refractivity contribution is 0.613. The molecule has 1 rings (SSSR count). The van der Waals surface area contributed by atoms with Gasteiger partial charge in [0.1, 0.15) is 0 Å². The summed E-state index contributed by atoms with van der Waals surface area (Å²) in [6.45, 7) is 2.38. The Hall–Kier alpha value is -1.23. The number of halogens is 1. The molecule has 1 unspecified atom stereocenters. The Morgan fingerprint density at radius 3 is 2.67 bits per heavy atom. The van der Waals surface area contributed by atoms with Crippen molar-refractivity contribution in [1.82, 2.24) is 9.97 Å². The van der Waals surface area contributed by atoms with Crippen molar-refractivity contribution in [3.63, 3.8) is 0 Å². The molecule has 0 fully saturated rings. The van der Waals surface area contributed by atoms with E-state index in [0.717, 1.165) is 12.4 Å². The maximum atomic E-state index is 12.3. The summed E-state index contributed by atoms with van der Waals surface area (Å²) in [4.78, 5) is 7.43. The fourth-order valence-corrected chi connectivity index (χ4v) is 0.666. The van der Waals surface area contributed by atoms with Gasteiger partial charge in [-0.25, -0.2) is 14.4 Å². The number of nitrogens with two attached hydrogens (primary N) is 1. The van der Waals surface area contributed by atoms with E-state index in [1.165, 1.54) is 0 Å². The van der Waals surface area contributed by atoms with Gasteiger partial charge >= 0.3 is 0 Å². The highest BCUT2D eigenvalue weighted by Gasteiger charge is 2.00. The molecular formula is C7H11FN4. The zero-order valence-corrected chi connectivity index (χ0v) is 6.79. The van der Waals surface area contributed by atoms with Gasteiger partial charge in [0.2, 0.25) is 5.95 Å². The van der Waals surface area contributed by atoms with E-state index in [4.69, 9.17) is 5.73 Å². The van der Waals surface area contributed by atoms with Gasteiger partial charge in [-0.1, -0.05) is 0 Å². The quantitative estimate of drug-likeness (QED) is 0.688. The van der Waals surface area contributed by atoms with Crippen molar-refractivity contribution in [3.8, 4) is 0 Å². The molecule has 0 aliphatic carbocycles. The first-order valence-electron chi connectivity index (χ1n) is 3.66. The molecule has 0 saturated heterocycles. The van der Waals surface area contributed by atoms with Crippen LogP contribution in [0.2, 0.25) is 0 Å². The van der Waals surface area contributed by atoms with E-state index in [0.29, 0.717) is 12.5 Å². The summed E-state index contributed by atoms with van der Waals surface area (Å²) < 4.78 is 12.3. The van der Waals surface area contributed by atoms with Gasteiger partial charge in [0, 0.05) is 12.6 Å². The van der Waals surface area contributed by atoms with Gasteiger partial charge in [-0.2, -0.15) is 0 Å². The lowest BCUT2D eigenvalue weighted by Gasteiger charge is -2.09. The van der Waals surface area contributed by atoms with E-state index in [9.17, 15) is 4.39 Å². The highest BCUT2D eigenvalue weighted by molar-refractivity contribution is 5.23. The molecule has 1 aromatic heterocycles. The van der Waals surface area contributed by atoms with Crippen molar-refractivity contribution in [1.29, 1.82) is 0 Å². The molecule has 66 valence electrons. The first-order chi connectivity index (χ1) is 5.72. The van der Waals surface area contributed by atoms with Gasteiger partial charge in [-0.3, -0.25) is 0 Å². The average molecular weight is 170 g/mol.